The smallest absolute Gasteiger partial charge is 0.244 e. The molecule has 2 aromatic carbocycles. The second kappa shape index (κ2) is 7.30. The topological polar surface area (TPSA) is 49.2 Å². The van der Waals surface area contributed by atoms with Gasteiger partial charge in [0.15, 0.2) is 0 Å². The summed E-state index contributed by atoms with van der Waals surface area (Å²) in [5.74, 6) is -0.128. The van der Waals surface area contributed by atoms with E-state index in [4.69, 9.17) is 0 Å². The van der Waals surface area contributed by atoms with Crippen LogP contribution in [0, 0.1) is 5.92 Å². The standard InChI is InChI=1S/C20H22N2O2/c1-15(12-16-8-4-2-5-9-16)20(24)22-14-18(22)19(23)21-13-17-10-6-3-7-11-17/h2-11,15,18H,12-14H2,1H3,(H,21,23)/t15-,18-,22?/m0/s1. The molecule has 3 rings (SSSR count). The van der Waals surface area contributed by atoms with E-state index in [0.29, 0.717) is 19.5 Å². The summed E-state index contributed by atoms with van der Waals surface area (Å²) in [5.41, 5.74) is 2.20. The number of nitrogens with one attached hydrogen (secondary N) is 1. The summed E-state index contributed by atoms with van der Waals surface area (Å²) >= 11 is 0. The Balaban J connectivity index is 1.47. The van der Waals surface area contributed by atoms with Gasteiger partial charge in [-0.1, -0.05) is 67.6 Å². The lowest BCUT2D eigenvalue weighted by molar-refractivity contribution is -0.132. The van der Waals surface area contributed by atoms with Crippen molar-refractivity contribution in [3.8, 4) is 0 Å². The molecule has 1 N–H and O–H groups in total. The van der Waals surface area contributed by atoms with Crippen LogP contribution in [0.15, 0.2) is 60.7 Å². The first-order chi connectivity index (χ1) is 11.6. The highest BCUT2D eigenvalue weighted by Crippen LogP contribution is 2.23. The van der Waals surface area contributed by atoms with E-state index in [9.17, 15) is 9.59 Å². The van der Waals surface area contributed by atoms with Crippen LogP contribution in [0.25, 0.3) is 0 Å². The van der Waals surface area contributed by atoms with Gasteiger partial charge in [0.25, 0.3) is 0 Å². The highest BCUT2D eigenvalue weighted by atomic mass is 16.2. The summed E-state index contributed by atoms with van der Waals surface area (Å²) in [6.45, 7) is 2.95. The molecule has 2 amide bonds. The van der Waals surface area contributed by atoms with Crippen LogP contribution in [-0.2, 0) is 22.6 Å². The number of rotatable bonds is 6. The maximum atomic E-state index is 12.4. The van der Waals surface area contributed by atoms with Gasteiger partial charge in [0.1, 0.15) is 6.04 Å². The van der Waals surface area contributed by atoms with Crippen molar-refractivity contribution in [1.29, 1.82) is 0 Å². The molecule has 0 radical (unpaired) electrons. The molecule has 1 aliphatic heterocycles. The monoisotopic (exact) mass is 322 g/mol. The first-order valence-electron chi connectivity index (χ1n) is 8.31. The van der Waals surface area contributed by atoms with Crippen molar-refractivity contribution in [3.05, 3.63) is 71.8 Å². The number of hydrogen-bond acceptors (Lipinski definition) is 2. The Bertz CT molecular complexity index is 700. The van der Waals surface area contributed by atoms with Crippen molar-refractivity contribution in [2.75, 3.05) is 6.54 Å². The lowest BCUT2D eigenvalue weighted by atomic mass is 10.0. The van der Waals surface area contributed by atoms with Gasteiger partial charge in [0.2, 0.25) is 11.8 Å². The molecule has 0 unspecified atom stereocenters. The zero-order valence-electron chi connectivity index (χ0n) is 13.8. The number of hydrogen-bond donors (Lipinski definition) is 1. The first kappa shape index (κ1) is 16.2. The largest absolute Gasteiger partial charge is 0.350 e. The molecule has 4 nitrogen and oxygen atoms in total. The highest BCUT2D eigenvalue weighted by molar-refractivity contribution is 5.93. The molecule has 124 valence electrons. The number of carbonyl (C=O) groups is 2. The van der Waals surface area contributed by atoms with Crippen LogP contribution in [0.5, 0.6) is 0 Å². The van der Waals surface area contributed by atoms with E-state index in [1.807, 2.05) is 67.6 Å². The lowest BCUT2D eigenvalue weighted by Gasteiger charge is -2.12. The van der Waals surface area contributed by atoms with E-state index in [1.54, 1.807) is 4.90 Å². The zero-order chi connectivity index (χ0) is 16.9. The van der Waals surface area contributed by atoms with E-state index in [0.717, 1.165) is 11.1 Å². The summed E-state index contributed by atoms with van der Waals surface area (Å²) in [6.07, 6.45) is 0.703. The lowest BCUT2D eigenvalue weighted by Crippen LogP contribution is -2.32. The fraction of sp³-hybridized carbons (Fsp3) is 0.300. The third-order valence-corrected chi connectivity index (χ3v) is 4.31. The van der Waals surface area contributed by atoms with Crippen LogP contribution in [0.2, 0.25) is 0 Å². The summed E-state index contributed by atoms with van der Waals surface area (Å²) < 4.78 is 0. The number of carbonyl (C=O) groups excluding carboxylic acids is 2. The fourth-order valence-corrected chi connectivity index (χ4v) is 2.85. The Morgan fingerprint density at radius 2 is 1.62 bits per heavy atom. The fourth-order valence-electron chi connectivity index (χ4n) is 2.85. The van der Waals surface area contributed by atoms with Gasteiger partial charge in [0, 0.05) is 12.5 Å². The summed E-state index contributed by atoms with van der Waals surface area (Å²) in [6, 6.07) is 19.4. The number of amides is 2. The Labute approximate surface area is 142 Å². The summed E-state index contributed by atoms with van der Waals surface area (Å²) in [5, 5.41) is 2.90. The van der Waals surface area contributed by atoms with Gasteiger partial charge in [0.05, 0.1) is 6.54 Å². The minimum atomic E-state index is -0.306. The van der Waals surface area contributed by atoms with Gasteiger partial charge in [-0.3, -0.25) is 9.59 Å². The molecule has 4 heteroatoms. The molecular formula is C20H22N2O2. The molecule has 1 fully saturated rings. The first-order valence-corrected chi connectivity index (χ1v) is 8.31. The van der Waals surface area contributed by atoms with Crippen molar-refractivity contribution in [3.63, 3.8) is 0 Å². The van der Waals surface area contributed by atoms with E-state index < -0.39 is 0 Å². The van der Waals surface area contributed by atoms with Crippen molar-refractivity contribution < 1.29 is 9.59 Å². The van der Waals surface area contributed by atoms with Crippen LogP contribution >= 0.6 is 0 Å². The summed E-state index contributed by atoms with van der Waals surface area (Å²) in [7, 11) is 0. The van der Waals surface area contributed by atoms with Gasteiger partial charge < -0.3 is 10.2 Å². The Hall–Kier alpha value is -2.62. The highest BCUT2D eigenvalue weighted by Gasteiger charge is 2.45. The molecule has 0 saturated carbocycles. The van der Waals surface area contributed by atoms with E-state index in [-0.39, 0.29) is 23.8 Å². The van der Waals surface area contributed by atoms with Crippen molar-refractivity contribution in [1.82, 2.24) is 10.2 Å². The molecule has 0 aromatic heterocycles. The second-order valence-corrected chi connectivity index (χ2v) is 6.30. The number of nitrogens with zero attached hydrogens (tertiary/aromatic N) is 1. The minimum absolute atomic E-state index is 0.0544. The van der Waals surface area contributed by atoms with Crippen molar-refractivity contribution >= 4 is 11.8 Å². The summed E-state index contributed by atoms with van der Waals surface area (Å²) in [4.78, 5) is 26.3. The van der Waals surface area contributed by atoms with E-state index >= 15 is 0 Å². The third kappa shape index (κ3) is 4.02. The maximum Gasteiger partial charge on any atom is 0.244 e. The van der Waals surface area contributed by atoms with Crippen LogP contribution in [0.1, 0.15) is 18.1 Å². The van der Waals surface area contributed by atoms with E-state index in [2.05, 4.69) is 5.32 Å². The molecule has 1 heterocycles. The molecule has 1 saturated heterocycles. The molecule has 0 bridgehead atoms. The second-order valence-electron chi connectivity index (χ2n) is 6.30. The van der Waals surface area contributed by atoms with Crippen LogP contribution in [0.3, 0.4) is 0 Å². The van der Waals surface area contributed by atoms with Crippen LogP contribution in [-0.4, -0.2) is 29.3 Å². The Morgan fingerprint density at radius 3 is 2.25 bits per heavy atom. The number of benzene rings is 2. The SMILES string of the molecule is C[C@@H](Cc1ccccc1)C(=O)N1C[C@H]1C(=O)NCc1ccccc1. The molecule has 1 aliphatic rings. The normalized spacial score (nSPS) is 17.2. The molecule has 0 spiro atoms. The maximum absolute atomic E-state index is 12.4. The van der Waals surface area contributed by atoms with Crippen molar-refractivity contribution in [2.24, 2.45) is 5.92 Å². The average molecular weight is 322 g/mol. The molecule has 24 heavy (non-hydrogen) atoms. The molecular weight excluding hydrogens is 300 g/mol. The van der Waals surface area contributed by atoms with Gasteiger partial charge in [-0.2, -0.15) is 0 Å². The van der Waals surface area contributed by atoms with Gasteiger partial charge in [-0.15, -0.1) is 0 Å². The molecule has 0 aliphatic carbocycles. The van der Waals surface area contributed by atoms with Crippen molar-refractivity contribution in [2.45, 2.75) is 25.9 Å². The Kier molecular flexibility index (Phi) is 4.94. The zero-order valence-corrected chi connectivity index (χ0v) is 13.8. The third-order valence-electron chi connectivity index (χ3n) is 4.31. The van der Waals surface area contributed by atoms with Gasteiger partial charge in [-0.25, -0.2) is 0 Å². The predicted molar refractivity (Wildman–Crippen MR) is 93.1 cm³/mol. The van der Waals surface area contributed by atoms with Gasteiger partial charge in [-0.05, 0) is 17.5 Å². The van der Waals surface area contributed by atoms with Crippen LogP contribution in [0.4, 0.5) is 0 Å². The Morgan fingerprint density at radius 1 is 1.04 bits per heavy atom. The molecule has 2 atom stereocenters. The van der Waals surface area contributed by atoms with Gasteiger partial charge >= 0.3 is 0 Å². The molecule has 2 aromatic rings. The van der Waals surface area contributed by atoms with E-state index in [1.165, 1.54) is 0 Å². The van der Waals surface area contributed by atoms with Crippen LogP contribution < -0.4 is 5.32 Å². The quantitative estimate of drug-likeness (QED) is 0.830. The average Bonchev–Trinajstić information content (AvgIpc) is 3.41. The predicted octanol–water partition coefficient (Wildman–Crippen LogP) is 2.39. The minimum Gasteiger partial charge on any atom is -0.350 e.